The minimum Gasteiger partial charge on any atom is -0.393 e. The molecule has 1 aliphatic heterocycles. The number of aliphatic hydroxyl groups excluding tert-OH is 1. The first-order chi connectivity index (χ1) is 10.1. The molecule has 114 valence electrons. The third kappa shape index (κ3) is 4.53. The van der Waals surface area contributed by atoms with Crippen molar-refractivity contribution in [2.45, 2.75) is 32.4 Å². The van der Waals surface area contributed by atoms with Gasteiger partial charge in [-0.1, -0.05) is 17.9 Å². The zero-order valence-corrected chi connectivity index (χ0v) is 12.5. The quantitative estimate of drug-likeness (QED) is 0.834. The number of benzene rings is 1. The fourth-order valence-electron chi connectivity index (χ4n) is 2.78. The first kappa shape index (κ1) is 16.0. The average molecular weight is 290 g/mol. The molecule has 3 N–H and O–H groups in total. The van der Waals surface area contributed by atoms with Crippen LogP contribution in [-0.4, -0.2) is 35.7 Å². The van der Waals surface area contributed by atoms with Gasteiger partial charge in [0.15, 0.2) is 0 Å². The molecule has 3 nitrogen and oxygen atoms in total. The smallest absolute Gasteiger partial charge is 0.124 e. The highest BCUT2D eigenvalue weighted by Crippen LogP contribution is 2.22. The maximum atomic E-state index is 13.4. The van der Waals surface area contributed by atoms with Crippen LogP contribution < -0.4 is 5.73 Å². The van der Waals surface area contributed by atoms with Crippen LogP contribution in [0.4, 0.5) is 4.39 Å². The molecule has 21 heavy (non-hydrogen) atoms. The Balaban J connectivity index is 2.03. The molecule has 0 amide bonds. The average Bonchev–Trinajstić information content (AvgIpc) is 2.48. The maximum absolute atomic E-state index is 13.4. The number of hydrogen-bond acceptors (Lipinski definition) is 3. The number of likely N-dealkylation sites (tertiary alicyclic amines) is 1. The second-order valence-electron chi connectivity index (χ2n) is 5.66. The van der Waals surface area contributed by atoms with E-state index in [0.717, 1.165) is 43.6 Å². The lowest BCUT2D eigenvalue weighted by molar-refractivity contribution is 0.0695. The van der Waals surface area contributed by atoms with Gasteiger partial charge in [0.2, 0.25) is 0 Å². The molecule has 0 spiro atoms. The first-order valence-electron chi connectivity index (χ1n) is 7.48. The molecule has 2 rings (SSSR count). The molecule has 1 unspecified atom stereocenters. The number of rotatable bonds is 3. The Morgan fingerprint density at radius 2 is 2.14 bits per heavy atom. The summed E-state index contributed by atoms with van der Waals surface area (Å²) in [6.45, 7) is 4.81. The van der Waals surface area contributed by atoms with Gasteiger partial charge in [0, 0.05) is 12.1 Å². The summed E-state index contributed by atoms with van der Waals surface area (Å²) in [5, 5.41) is 9.63. The van der Waals surface area contributed by atoms with E-state index in [0.29, 0.717) is 5.92 Å². The van der Waals surface area contributed by atoms with Crippen molar-refractivity contribution in [3.8, 4) is 11.8 Å². The summed E-state index contributed by atoms with van der Waals surface area (Å²) in [5.74, 6) is 5.86. The van der Waals surface area contributed by atoms with Gasteiger partial charge in [-0.05, 0) is 56.5 Å². The fraction of sp³-hybridized carbons (Fsp3) is 0.529. The zero-order valence-electron chi connectivity index (χ0n) is 12.5. The van der Waals surface area contributed by atoms with Crippen LogP contribution in [-0.2, 0) is 6.54 Å². The van der Waals surface area contributed by atoms with E-state index in [4.69, 9.17) is 5.73 Å². The van der Waals surface area contributed by atoms with Crippen molar-refractivity contribution in [3.63, 3.8) is 0 Å². The minimum atomic E-state index is -0.270. The van der Waals surface area contributed by atoms with Crippen LogP contribution in [0.15, 0.2) is 18.2 Å². The van der Waals surface area contributed by atoms with Gasteiger partial charge in [0.25, 0.3) is 0 Å². The molecule has 0 radical (unpaired) electrons. The highest BCUT2D eigenvalue weighted by atomic mass is 19.1. The largest absolute Gasteiger partial charge is 0.393 e. The molecule has 0 saturated carbocycles. The van der Waals surface area contributed by atoms with Gasteiger partial charge in [-0.3, -0.25) is 4.90 Å². The van der Waals surface area contributed by atoms with Crippen molar-refractivity contribution in [2.75, 3.05) is 19.6 Å². The van der Waals surface area contributed by atoms with Crippen molar-refractivity contribution in [2.24, 2.45) is 11.7 Å². The Morgan fingerprint density at radius 3 is 2.76 bits per heavy atom. The van der Waals surface area contributed by atoms with E-state index in [9.17, 15) is 9.50 Å². The number of hydrogen-bond donors (Lipinski definition) is 2. The molecule has 1 fully saturated rings. The molecule has 0 aliphatic carbocycles. The minimum absolute atomic E-state index is 0.232. The van der Waals surface area contributed by atoms with E-state index in [1.807, 2.05) is 6.92 Å². The standard InChI is InChI=1S/C17H23FN2O/c1-13(21)14-6-9-20(10-7-14)12-16-4-5-17(18)11-15(16)3-2-8-19/h4-5,11,13-14,21H,6-10,12,19H2,1H3. The lowest BCUT2D eigenvalue weighted by atomic mass is 9.92. The van der Waals surface area contributed by atoms with Crippen molar-refractivity contribution < 1.29 is 9.50 Å². The summed E-state index contributed by atoms with van der Waals surface area (Å²) >= 11 is 0. The second kappa shape index (κ2) is 7.56. The Kier molecular flexibility index (Phi) is 5.75. The summed E-state index contributed by atoms with van der Waals surface area (Å²) < 4.78 is 13.4. The van der Waals surface area contributed by atoms with Gasteiger partial charge in [-0.2, -0.15) is 0 Å². The Morgan fingerprint density at radius 1 is 1.43 bits per heavy atom. The second-order valence-corrected chi connectivity index (χ2v) is 5.66. The fourth-order valence-corrected chi connectivity index (χ4v) is 2.78. The molecule has 1 aliphatic rings. The molecular formula is C17H23FN2O. The lowest BCUT2D eigenvalue weighted by Gasteiger charge is -2.33. The third-order valence-corrected chi connectivity index (χ3v) is 4.11. The first-order valence-corrected chi connectivity index (χ1v) is 7.48. The molecular weight excluding hydrogens is 267 g/mol. The summed E-state index contributed by atoms with van der Waals surface area (Å²) in [6.07, 6.45) is 1.77. The van der Waals surface area contributed by atoms with E-state index in [1.165, 1.54) is 12.1 Å². The highest BCUT2D eigenvalue weighted by molar-refractivity contribution is 5.41. The van der Waals surface area contributed by atoms with E-state index in [2.05, 4.69) is 16.7 Å². The van der Waals surface area contributed by atoms with E-state index < -0.39 is 0 Å². The molecule has 1 aromatic rings. The van der Waals surface area contributed by atoms with E-state index in [-0.39, 0.29) is 18.5 Å². The Labute approximate surface area is 125 Å². The number of piperidine rings is 1. The summed E-state index contributed by atoms with van der Waals surface area (Å²) in [6, 6.07) is 4.75. The molecule has 1 aromatic carbocycles. The van der Waals surface area contributed by atoms with Crippen LogP contribution in [0.1, 0.15) is 30.9 Å². The molecule has 0 bridgehead atoms. The summed E-state index contributed by atoms with van der Waals surface area (Å²) in [4.78, 5) is 2.33. The molecule has 1 atom stereocenters. The van der Waals surface area contributed by atoms with Crippen LogP contribution in [0.3, 0.4) is 0 Å². The van der Waals surface area contributed by atoms with Crippen molar-refractivity contribution >= 4 is 0 Å². The van der Waals surface area contributed by atoms with Gasteiger partial charge in [0.1, 0.15) is 5.82 Å². The van der Waals surface area contributed by atoms with Crippen molar-refractivity contribution in [3.05, 3.63) is 35.1 Å². The Hall–Kier alpha value is -1.41. The number of nitrogens with zero attached hydrogens (tertiary/aromatic N) is 1. The van der Waals surface area contributed by atoms with Crippen molar-refractivity contribution in [1.82, 2.24) is 4.90 Å². The van der Waals surface area contributed by atoms with Gasteiger partial charge < -0.3 is 10.8 Å². The molecule has 1 heterocycles. The van der Waals surface area contributed by atoms with Crippen LogP contribution in [0.2, 0.25) is 0 Å². The number of nitrogens with two attached hydrogens (primary N) is 1. The monoisotopic (exact) mass is 290 g/mol. The lowest BCUT2D eigenvalue weighted by Crippen LogP contribution is -2.36. The van der Waals surface area contributed by atoms with Gasteiger partial charge in [0.05, 0.1) is 12.6 Å². The number of halogens is 1. The summed E-state index contributed by atoms with van der Waals surface area (Å²) in [7, 11) is 0. The normalized spacial score (nSPS) is 18.1. The Bertz CT molecular complexity index is 525. The van der Waals surface area contributed by atoms with Gasteiger partial charge in [-0.25, -0.2) is 4.39 Å². The number of aliphatic hydroxyl groups is 1. The molecule has 0 aromatic heterocycles. The van der Waals surface area contributed by atoms with Crippen LogP contribution in [0.5, 0.6) is 0 Å². The van der Waals surface area contributed by atoms with Crippen molar-refractivity contribution in [1.29, 1.82) is 0 Å². The van der Waals surface area contributed by atoms with Gasteiger partial charge in [-0.15, -0.1) is 0 Å². The van der Waals surface area contributed by atoms with E-state index in [1.54, 1.807) is 6.07 Å². The molecule has 1 saturated heterocycles. The maximum Gasteiger partial charge on any atom is 0.124 e. The molecule has 4 heteroatoms. The van der Waals surface area contributed by atoms with Crippen LogP contribution in [0, 0.1) is 23.6 Å². The SMILES string of the molecule is CC(O)C1CCN(Cc2ccc(F)cc2C#CCN)CC1. The van der Waals surface area contributed by atoms with Crippen LogP contribution >= 0.6 is 0 Å². The zero-order chi connectivity index (χ0) is 15.2. The van der Waals surface area contributed by atoms with Crippen LogP contribution in [0.25, 0.3) is 0 Å². The topological polar surface area (TPSA) is 49.5 Å². The third-order valence-electron chi connectivity index (χ3n) is 4.11. The summed E-state index contributed by atoms with van der Waals surface area (Å²) in [5.41, 5.74) is 7.15. The van der Waals surface area contributed by atoms with Gasteiger partial charge >= 0.3 is 0 Å². The predicted octanol–water partition coefficient (Wildman–Crippen LogP) is 1.73. The van der Waals surface area contributed by atoms with E-state index >= 15 is 0 Å². The highest BCUT2D eigenvalue weighted by Gasteiger charge is 2.22. The predicted molar refractivity (Wildman–Crippen MR) is 82.0 cm³/mol.